The van der Waals surface area contributed by atoms with Crippen LogP contribution in [0.1, 0.15) is 24.5 Å². The molecule has 18 heavy (non-hydrogen) atoms. The summed E-state index contributed by atoms with van der Waals surface area (Å²) in [6.07, 6.45) is 1.38. The predicted octanol–water partition coefficient (Wildman–Crippen LogP) is 1.56. The lowest BCUT2D eigenvalue weighted by Gasteiger charge is -2.32. The Balaban J connectivity index is 1.84. The molecule has 1 aliphatic heterocycles. The van der Waals surface area contributed by atoms with Crippen molar-refractivity contribution in [3.8, 4) is 0 Å². The molecule has 1 aromatic rings. The van der Waals surface area contributed by atoms with Crippen LogP contribution in [0.25, 0.3) is 0 Å². The molecule has 1 saturated heterocycles. The highest BCUT2D eigenvalue weighted by Crippen LogP contribution is 2.20. The van der Waals surface area contributed by atoms with Crippen molar-refractivity contribution in [1.29, 1.82) is 0 Å². The summed E-state index contributed by atoms with van der Waals surface area (Å²) in [6.45, 7) is 2.64. The van der Waals surface area contributed by atoms with Crippen molar-refractivity contribution < 1.29 is 14.6 Å². The Bertz CT molecular complexity index is 361. The minimum atomic E-state index is -0.573. The van der Waals surface area contributed by atoms with E-state index in [0.717, 1.165) is 31.5 Å². The van der Waals surface area contributed by atoms with Gasteiger partial charge in [-0.05, 0) is 49.5 Å². The standard InChI is InChI=1S/C14H20FNO2/c15-13-3-1-12(2-4-13)14(18)9-16-7-5-11(10-17)6-8-16/h1-4,11,14,17-18H,5-10H2. The number of hydrogen-bond donors (Lipinski definition) is 2. The Morgan fingerprint density at radius 2 is 1.83 bits per heavy atom. The normalized spacial score (nSPS) is 19.9. The lowest BCUT2D eigenvalue weighted by Crippen LogP contribution is -2.37. The van der Waals surface area contributed by atoms with Gasteiger partial charge in [-0.1, -0.05) is 12.1 Å². The second-order valence-electron chi connectivity index (χ2n) is 4.99. The summed E-state index contributed by atoms with van der Waals surface area (Å²) < 4.78 is 12.8. The number of rotatable bonds is 4. The third-order valence-corrected chi connectivity index (χ3v) is 3.65. The summed E-state index contributed by atoms with van der Waals surface area (Å²) in [6, 6.07) is 5.99. The number of halogens is 1. The molecule has 0 bridgehead atoms. The van der Waals surface area contributed by atoms with Crippen molar-refractivity contribution in [2.24, 2.45) is 5.92 Å². The number of aliphatic hydroxyl groups is 2. The number of β-amino-alcohol motifs (C(OH)–C–C–N with tert-alkyl or cyclic N) is 1. The molecule has 0 amide bonds. The second kappa shape index (κ2) is 6.27. The minimum absolute atomic E-state index is 0.258. The van der Waals surface area contributed by atoms with Gasteiger partial charge in [-0.25, -0.2) is 4.39 Å². The molecule has 3 nitrogen and oxygen atoms in total. The van der Waals surface area contributed by atoms with E-state index in [9.17, 15) is 9.50 Å². The van der Waals surface area contributed by atoms with Crippen molar-refractivity contribution in [1.82, 2.24) is 4.90 Å². The summed E-state index contributed by atoms with van der Waals surface area (Å²) in [5.41, 5.74) is 0.751. The molecular weight excluding hydrogens is 233 g/mol. The summed E-state index contributed by atoms with van der Waals surface area (Å²) in [4.78, 5) is 2.19. The average molecular weight is 253 g/mol. The van der Waals surface area contributed by atoms with Crippen LogP contribution in [-0.4, -0.2) is 41.4 Å². The third kappa shape index (κ3) is 3.51. The number of piperidine rings is 1. The fourth-order valence-electron chi connectivity index (χ4n) is 2.39. The van der Waals surface area contributed by atoms with Gasteiger partial charge < -0.3 is 15.1 Å². The Morgan fingerprint density at radius 1 is 1.22 bits per heavy atom. The van der Waals surface area contributed by atoms with Gasteiger partial charge in [0.1, 0.15) is 5.82 Å². The molecule has 0 aliphatic carbocycles. The van der Waals surface area contributed by atoms with Gasteiger partial charge >= 0.3 is 0 Å². The highest BCUT2D eigenvalue weighted by molar-refractivity contribution is 5.18. The summed E-state index contributed by atoms with van der Waals surface area (Å²) in [7, 11) is 0. The number of aliphatic hydroxyl groups excluding tert-OH is 2. The first-order valence-electron chi connectivity index (χ1n) is 6.46. The average Bonchev–Trinajstić information content (AvgIpc) is 2.40. The van der Waals surface area contributed by atoms with E-state index in [1.165, 1.54) is 12.1 Å². The van der Waals surface area contributed by atoms with E-state index < -0.39 is 6.10 Å². The Labute approximate surface area is 107 Å². The summed E-state index contributed by atoms with van der Waals surface area (Å²) >= 11 is 0. The molecule has 1 heterocycles. The molecule has 1 aromatic carbocycles. The molecule has 1 aliphatic rings. The fraction of sp³-hybridized carbons (Fsp3) is 0.571. The minimum Gasteiger partial charge on any atom is -0.396 e. The van der Waals surface area contributed by atoms with E-state index in [2.05, 4.69) is 4.90 Å². The zero-order chi connectivity index (χ0) is 13.0. The molecule has 2 rings (SSSR count). The first-order chi connectivity index (χ1) is 8.69. The lowest BCUT2D eigenvalue weighted by atomic mass is 9.97. The molecule has 0 aromatic heterocycles. The van der Waals surface area contributed by atoms with E-state index in [-0.39, 0.29) is 12.4 Å². The molecule has 100 valence electrons. The van der Waals surface area contributed by atoms with Crippen molar-refractivity contribution in [3.05, 3.63) is 35.6 Å². The largest absolute Gasteiger partial charge is 0.396 e. The van der Waals surface area contributed by atoms with Crippen LogP contribution < -0.4 is 0 Å². The molecule has 1 fully saturated rings. The zero-order valence-corrected chi connectivity index (χ0v) is 10.4. The van der Waals surface area contributed by atoms with Gasteiger partial charge in [-0.3, -0.25) is 0 Å². The van der Waals surface area contributed by atoms with E-state index in [1.807, 2.05) is 0 Å². The third-order valence-electron chi connectivity index (χ3n) is 3.65. The molecule has 0 spiro atoms. The van der Waals surface area contributed by atoms with Gasteiger partial charge in [0, 0.05) is 13.2 Å². The fourth-order valence-corrected chi connectivity index (χ4v) is 2.39. The van der Waals surface area contributed by atoms with Gasteiger partial charge in [0.15, 0.2) is 0 Å². The molecule has 2 N–H and O–H groups in total. The van der Waals surface area contributed by atoms with Gasteiger partial charge in [-0.2, -0.15) is 0 Å². The number of likely N-dealkylation sites (tertiary alicyclic amines) is 1. The van der Waals surface area contributed by atoms with Gasteiger partial charge in [0.2, 0.25) is 0 Å². The quantitative estimate of drug-likeness (QED) is 0.856. The van der Waals surface area contributed by atoms with Crippen LogP contribution in [-0.2, 0) is 0 Å². The number of benzene rings is 1. The SMILES string of the molecule is OCC1CCN(CC(O)c2ccc(F)cc2)CC1. The van der Waals surface area contributed by atoms with Crippen LogP contribution in [0, 0.1) is 11.7 Å². The van der Waals surface area contributed by atoms with E-state index >= 15 is 0 Å². The first-order valence-corrected chi connectivity index (χ1v) is 6.46. The van der Waals surface area contributed by atoms with E-state index in [0.29, 0.717) is 12.5 Å². The highest BCUT2D eigenvalue weighted by Gasteiger charge is 2.20. The molecule has 0 saturated carbocycles. The smallest absolute Gasteiger partial charge is 0.123 e. The molecular formula is C14H20FNO2. The number of hydrogen-bond acceptors (Lipinski definition) is 3. The lowest BCUT2D eigenvalue weighted by molar-refractivity contribution is 0.0763. The Morgan fingerprint density at radius 3 is 2.39 bits per heavy atom. The maximum Gasteiger partial charge on any atom is 0.123 e. The van der Waals surface area contributed by atoms with Crippen LogP contribution >= 0.6 is 0 Å². The van der Waals surface area contributed by atoms with Crippen molar-refractivity contribution in [3.63, 3.8) is 0 Å². The molecule has 1 atom stereocenters. The van der Waals surface area contributed by atoms with Gasteiger partial charge in [0.25, 0.3) is 0 Å². The molecule has 0 radical (unpaired) electrons. The Kier molecular flexibility index (Phi) is 4.69. The monoisotopic (exact) mass is 253 g/mol. The van der Waals surface area contributed by atoms with Gasteiger partial charge in [0.05, 0.1) is 6.10 Å². The van der Waals surface area contributed by atoms with E-state index in [1.54, 1.807) is 12.1 Å². The van der Waals surface area contributed by atoms with Crippen molar-refractivity contribution in [2.75, 3.05) is 26.2 Å². The summed E-state index contributed by atoms with van der Waals surface area (Å²) in [5.74, 6) is 0.124. The van der Waals surface area contributed by atoms with E-state index in [4.69, 9.17) is 5.11 Å². The topological polar surface area (TPSA) is 43.7 Å². The second-order valence-corrected chi connectivity index (χ2v) is 4.99. The predicted molar refractivity (Wildman–Crippen MR) is 67.6 cm³/mol. The summed E-state index contributed by atoms with van der Waals surface area (Å²) in [5, 5.41) is 19.1. The van der Waals surface area contributed by atoms with Crippen LogP contribution in [0.3, 0.4) is 0 Å². The maximum absolute atomic E-state index is 12.8. The molecule has 1 unspecified atom stereocenters. The van der Waals surface area contributed by atoms with Crippen molar-refractivity contribution >= 4 is 0 Å². The molecule has 4 heteroatoms. The van der Waals surface area contributed by atoms with Gasteiger partial charge in [-0.15, -0.1) is 0 Å². The zero-order valence-electron chi connectivity index (χ0n) is 10.4. The van der Waals surface area contributed by atoms with Crippen LogP contribution in [0.2, 0.25) is 0 Å². The highest BCUT2D eigenvalue weighted by atomic mass is 19.1. The van der Waals surface area contributed by atoms with Crippen LogP contribution in [0.4, 0.5) is 4.39 Å². The van der Waals surface area contributed by atoms with Crippen LogP contribution in [0.5, 0.6) is 0 Å². The maximum atomic E-state index is 12.8. The van der Waals surface area contributed by atoms with Crippen LogP contribution in [0.15, 0.2) is 24.3 Å². The Hall–Kier alpha value is -0.970. The number of nitrogens with zero attached hydrogens (tertiary/aromatic N) is 1. The first kappa shape index (κ1) is 13.5. The van der Waals surface area contributed by atoms with Crippen molar-refractivity contribution in [2.45, 2.75) is 18.9 Å².